The first-order chi connectivity index (χ1) is 9.10. The van der Waals surface area contributed by atoms with E-state index < -0.39 is 17.4 Å². The zero-order valence-corrected chi connectivity index (χ0v) is 11.1. The van der Waals surface area contributed by atoms with Crippen LogP contribution >= 0.6 is 11.8 Å². The van der Waals surface area contributed by atoms with E-state index >= 15 is 0 Å². The molecule has 2 N–H and O–H groups in total. The van der Waals surface area contributed by atoms with E-state index in [2.05, 4.69) is 5.32 Å². The summed E-state index contributed by atoms with van der Waals surface area (Å²) in [6.07, 6.45) is 2.00. The number of hydrogen-bond donors (Lipinski definition) is 2. The van der Waals surface area contributed by atoms with Crippen LogP contribution in [0.15, 0.2) is 41.3 Å². The molecule has 0 radical (unpaired) electrons. The van der Waals surface area contributed by atoms with E-state index in [0.717, 1.165) is 22.6 Å². The summed E-state index contributed by atoms with van der Waals surface area (Å²) >= 11 is 1.65. The van der Waals surface area contributed by atoms with E-state index in [9.17, 15) is 8.78 Å². The highest BCUT2D eigenvalue weighted by Crippen LogP contribution is 2.24. The molecule has 0 heterocycles. The number of phenols is 1. The molecule has 2 nitrogen and oxygen atoms in total. The molecular formula is C14H13F2NOS. The van der Waals surface area contributed by atoms with Crippen LogP contribution in [-0.4, -0.2) is 11.4 Å². The van der Waals surface area contributed by atoms with Crippen LogP contribution in [0.1, 0.15) is 5.56 Å². The molecule has 0 bridgehead atoms. The summed E-state index contributed by atoms with van der Waals surface area (Å²) in [6, 6.07) is 10.0. The first kappa shape index (κ1) is 13.7. The van der Waals surface area contributed by atoms with Gasteiger partial charge in [0.05, 0.1) is 0 Å². The number of halogens is 2. The lowest BCUT2D eigenvalue weighted by molar-refractivity contribution is 0.396. The number of hydrogen-bond acceptors (Lipinski definition) is 3. The molecule has 0 amide bonds. The highest BCUT2D eigenvalue weighted by molar-refractivity contribution is 7.98. The van der Waals surface area contributed by atoms with Crippen molar-refractivity contribution in [3.8, 4) is 5.75 Å². The molecule has 2 aromatic carbocycles. The number of benzene rings is 2. The second-order valence-electron chi connectivity index (χ2n) is 3.99. The van der Waals surface area contributed by atoms with Crippen molar-refractivity contribution in [2.24, 2.45) is 0 Å². The number of thioether (sulfide) groups is 1. The number of anilines is 1. The molecule has 0 aliphatic carbocycles. The lowest BCUT2D eigenvalue weighted by Crippen LogP contribution is -2.00. The zero-order chi connectivity index (χ0) is 13.8. The third-order valence-corrected chi connectivity index (χ3v) is 3.42. The summed E-state index contributed by atoms with van der Waals surface area (Å²) in [6.45, 7) is 0.457. The Morgan fingerprint density at radius 1 is 1.11 bits per heavy atom. The molecule has 2 rings (SSSR count). The van der Waals surface area contributed by atoms with Crippen molar-refractivity contribution in [3.05, 3.63) is 53.6 Å². The normalized spacial score (nSPS) is 10.5. The predicted molar refractivity (Wildman–Crippen MR) is 73.6 cm³/mol. The van der Waals surface area contributed by atoms with Gasteiger partial charge in [-0.1, -0.05) is 12.1 Å². The van der Waals surface area contributed by atoms with Gasteiger partial charge >= 0.3 is 0 Å². The zero-order valence-electron chi connectivity index (χ0n) is 10.3. The molecule has 0 unspecified atom stereocenters. The van der Waals surface area contributed by atoms with E-state index in [1.807, 2.05) is 30.5 Å². The maximum Gasteiger partial charge on any atom is 0.187 e. The predicted octanol–water partition coefficient (Wildman–Crippen LogP) is 4.00. The molecule has 0 saturated heterocycles. The van der Waals surface area contributed by atoms with Crippen LogP contribution in [0.25, 0.3) is 0 Å². The van der Waals surface area contributed by atoms with Crippen molar-refractivity contribution in [1.82, 2.24) is 0 Å². The fourth-order valence-electron chi connectivity index (χ4n) is 1.62. The van der Waals surface area contributed by atoms with Crippen molar-refractivity contribution in [2.45, 2.75) is 11.4 Å². The van der Waals surface area contributed by atoms with E-state index in [4.69, 9.17) is 5.11 Å². The second-order valence-corrected chi connectivity index (χ2v) is 4.87. The van der Waals surface area contributed by atoms with Gasteiger partial charge in [0.15, 0.2) is 17.4 Å². The summed E-state index contributed by atoms with van der Waals surface area (Å²) in [7, 11) is 0. The van der Waals surface area contributed by atoms with Crippen molar-refractivity contribution in [2.75, 3.05) is 11.6 Å². The Morgan fingerprint density at radius 3 is 2.21 bits per heavy atom. The van der Waals surface area contributed by atoms with E-state index in [-0.39, 0.29) is 0 Å². The van der Waals surface area contributed by atoms with E-state index in [1.54, 1.807) is 11.8 Å². The summed E-state index contributed by atoms with van der Waals surface area (Å²) < 4.78 is 26.3. The van der Waals surface area contributed by atoms with Crippen LogP contribution in [0.4, 0.5) is 14.5 Å². The number of nitrogens with one attached hydrogen (secondary N) is 1. The van der Waals surface area contributed by atoms with E-state index in [1.165, 1.54) is 0 Å². The van der Waals surface area contributed by atoms with Crippen molar-refractivity contribution < 1.29 is 13.9 Å². The maximum absolute atomic E-state index is 13.1. The van der Waals surface area contributed by atoms with Gasteiger partial charge < -0.3 is 10.4 Å². The smallest absolute Gasteiger partial charge is 0.187 e. The van der Waals surface area contributed by atoms with Crippen LogP contribution in [0.3, 0.4) is 0 Å². The van der Waals surface area contributed by atoms with Crippen molar-refractivity contribution in [1.29, 1.82) is 0 Å². The molecule has 0 aromatic heterocycles. The minimum atomic E-state index is -0.972. The quantitative estimate of drug-likeness (QED) is 0.656. The van der Waals surface area contributed by atoms with Crippen LogP contribution in [0.2, 0.25) is 0 Å². The summed E-state index contributed by atoms with van der Waals surface area (Å²) in [5.41, 5.74) is 1.30. The van der Waals surface area contributed by atoms with Crippen LogP contribution in [0.5, 0.6) is 5.75 Å². The Kier molecular flexibility index (Phi) is 4.27. The highest BCUT2D eigenvalue weighted by Gasteiger charge is 2.09. The minimum Gasteiger partial charge on any atom is -0.503 e. The summed E-state index contributed by atoms with van der Waals surface area (Å²) in [5.74, 6) is -2.89. The van der Waals surface area contributed by atoms with Crippen molar-refractivity contribution >= 4 is 17.4 Å². The molecule has 100 valence electrons. The van der Waals surface area contributed by atoms with Gasteiger partial charge in [-0.25, -0.2) is 8.78 Å². The standard InChI is InChI=1S/C14H13F2NOS/c1-19-11-4-2-9(3-5-11)8-17-10-6-12(15)14(18)13(16)7-10/h2-7,17-18H,8H2,1H3. The second kappa shape index (κ2) is 5.93. The Hall–Kier alpha value is -1.75. The monoisotopic (exact) mass is 281 g/mol. The fourth-order valence-corrected chi connectivity index (χ4v) is 2.02. The Bertz CT molecular complexity index is 549. The van der Waals surface area contributed by atoms with Gasteiger partial charge in [0.25, 0.3) is 0 Å². The number of rotatable bonds is 4. The minimum absolute atomic E-state index is 0.293. The van der Waals surface area contributed by atoms with Gasteiger partial charge in [-0.2, -0.15) is 0 Å². The molecule has 0 atom stereocenters. The SMILES string of the molecule is CSc1ccc(CNc2cc(F)c(O)c(F)c2)cc1. The number of aromatic hydroxyl groups is 1. The van der Waals surface area contributed by atoms with Gasteiger partial charge in [-0.05, 0) is 24.0 Å². The van der Waals surface area contributed by atoms with Crippen LogP contribution in [0, 0.1) is 11.6 Å². The lowest BCUT2D eigenvalue weighted by atomic mass is 10.2. The third-order valence-electron chi connectivity index (χ3n) is 2.67. The van der Waals surface area contributed by atoms with Gasteiger partial charge in [0.2, 0.25) is 0 Å². The molecule has 5 heteroatoms. The molecule has 0 saturated carbocycles. The summed E-state index contributed by atoms with van der Waals surface area (Å²) in [4.78, 5) is 1.16. The average Bonchev–Trinajstić information content (AvgIpc) is 2.43. The largest absolute Gasteiger partial charge is 0.503 e. The lowest BCUT2D eigenvalue weighted by Gasteiger charge is -2.08. The first-order valence-corrected chi connectivity index (χ1v) is 6.87. The maximum atomic E-state index is 13.1. The van der Waals surface area contributed by atoms with E-state index in [0.29, 0.717) is 12.2 Å². The molecule has 0 aliphatic heterocycles. The topological polar surface area (TPSA) is 32.3 Å². The van der Waals surface area contributed by atoms with Gasteiger partial charge in [-0.15, -0.1) is 11.8 Å². The van der Waals surface area contributed by atoms with Crippen molar-refractivity contribution in [3.63, 3.8) is 0 Å². The summed E-state index contributed by atoms with van der Waals surface area (Å²) in [5, 5.41) is 11.9. The molecule has 0 aliphatic rings. The molecule has 0 spiro atoms. The number of phenolic OH excluding ortho intramolecular Hbond substituents is 1. The van der Waals surface area contributed by atoms with Crippen LogP contribution < -0.4 is 5.32 Å². The third kappa shape index (κ3) is 3.38. The van der Waals surface area contributed by atoms with Gasteiger partial charge in [0.1, 0.15) is 0 Å². The van der Waals surface area contributed by atoms with Gasteiger partial charge in [-0.3, -0.25) is 0 Å². The van der Waals surface area contributed by atoms with Gasteiger partial charge in [0, 0.05) is 29.3 Å². The highest BCUT2D eigenvalue weighted by atomic mass is 32.2. The Labute approximate surface area is 114 Å². The Morgan fingerprint density at radius 2 is 1.68 bits per heavy atom. The molecule has 19 heavy (non-hydrogen) atoms. The van der Waals surface area contributed by atoms with Crippen LogP contribution in [-0.2, 0) is 6.54 Å². The molecule has 0 fully saturated rings. The average molecular weight is 281 g/mol. The molecular weight excluding hydrogens is 268 g/mol. The molecule has 2 aromatic rings. The Balaban J connectivity index is 2.05. The first-order valence-electron chi connectivity index (χ1n) is 5.65. The fraction of sp³-hybridized carbons (Fsp3) is 0.143.